The Morgan fingerprint density at radius 2 is 1.44 bits per heavy atom. The highest BCUT2D eigenvalue weighted by Crippen LogP contribution is 2.67. The third-order valence-electron chi connectivity index (χ3n) is 12.5. The van der Waals surface area contributed by atoms with Gasteiger partial charge in [-0.05, 0) is 113 Å². The van der Waals surface area contributed by atoms with Gasteiger partial charge in [-0.3, -0.25) is 0 Å². The van der Waals surface area contributed by atoms with Gasteiger partial charge in [-0.2, -0.15) is 0 Å². The minimum atomic E-state index is -0.934. The quantitative estimate of drug-likeness (QED) is 0.180. The highest BCUT2D eigenvalue weighted by Gasteiger charge is 2.55. The monoisotopic (exact) mass is 735 g/mol. The molecule has 4 aliphatic rings. The molecule has 2 heterocycles. The van der Waals surface area contributed by atoms with E-state index in [1.54, 1.807) is 7.11 Å². The summed E-state index contributed by atoms with van der Waals surface area (Å²) in [4.78, 5) is 2.38. The van der Waals surface area contributed by atoms with Crippen molar-refractivity contribution in [2.24, 2.45) is 10.8 Å². The Kier molecular flexibility index (Phi) is 8.59. The number of aryl methyl sites for hydroxylation is 1. The Balaban J connectivity index is 1.30. The molecule has 2 aliphatic carbocycles. The summed E-state index contributed by atoms with van der Waals surface area (Å²) in [7, 11) is 1.74. The van der Waals surface area contributed by atoms with E-state index >= 15 is 0 Å². The van der Waals surface area contributed by atoms with Crippen molar-refractivity contribution in [1.29, 1.82) is 0 Å². The number of hydrogen-bond donors (Lipinski definition) is 1. The van der Waals surface area contributed by atoms with Gasteiger partial charge in [0.1, 0.15) is 23.9 Å². The van der Waals surface area contributed by atoms with Crippen molar-refractivity contribution in [2.75, 3.05) is 51.5 Å². The number of fused-ring (bicyclic) bond motifs is 10. The maximum Gasteiger partial charge on any atom is 0.178 e. The smallest absolute Gasteiger partial charge is 0.178 e. The molecule has 284 valence electrons. The lowest BCUT2D eigenvalue weighted by molar-refractivity contribution is 0.0641. The van der Waals surface area contributed by atoms with Crippen LogP contribution in [0.3, 0.4) is 0 Å². The number of morpholine rings is 1. The second-order valence-corrected chi connectivity index (χ2v) is 17.8. The van der Waals surface area contributed by atoms with Crippen LogP contribution >= 0.6 is 0 Å². The van der Waals surface area contributed by atoms with Crippen LogP contribution in [0.2, 0.25) is 0 Å². The average Bonchev–Trinajstić information content (AvgIpc) is 3.43. The number of rotatable bonds is 7. The Labute approximate surface area is 325 Å². The molecule has 1 atom stereocenters. The minimum absolute atomic E-state index is 0.0377. The van der Waals surface area contributed by atoms with Gasteiger partial charge < -0.3 is 29.0 Å². The Morgan fingerprint density at radius 3 is 2.11 bits per heavy atom. The van der Waals surface area contributed by atoms with Crippen LogP contribution in [0.15, 0.2) is 91.0 Å². The zero-order chi connectivity index (χ0) is 38.2. The fraction of sp³-hybridized carbons (Fsp3) is 0.388. The summed E-state index contributed by atoms with van der Waals surface area (Å²) in [5, 5.41) is 11.7. The van der Waals surface area contributed by atoms with Gasteiger partial charge in [0, 0.05) is 46.3 Å². The van der Waals surface area contributed by atoms with E-state index in [9.17, 15) is 5.11 Å². The standard InChI is InChI=1S/C49H53NO5/c1-32-7-17-39-42(27-32)48(30-46(2,3)29-47(4,5)31-48)44-40-19-20-49(34-10-14-36(15-11-34)54-26-23-51,33-8-12-35(13-9-33)50-21-24-53-25-22-50)55-45(40)41-28-37(52-6)16-18-38(41)43(39)44/h7-20,27-28,51H,21-26,29-31H2,1-6H3. The molecule has 5 aromatic rings. The van der Waals surface area contributed by atoms with Crippen LogP contribution in [0.25, 0.3) is 28.0 Å². The van der Waals surface area contributed by atoms with Gasteiger partial charge in [0.25, 0.3) is 0 Å². The van der Waals surface area contributed by atoms with Gasteiger partial charge in [0.2, 0.25) is 0 Å². The predicted octanol–water partition coefficient (Wildman–Crippen LogP) is 10.2. The van der Waals surface area contributed by atoms with Crippen LogP contribution in [0.5, 0.6) is 17.2 Å². The summed E-state index contributed by atoms with van der Waals surface area (Å²) in [5.74, 6) is 2.40. The van der Waals surface area contributed by atoms with Crippen LogP contribution < -0.4 is 19.1 Å². The van der Waals surface area contributed by atoms with Gasteiger partial charge in [0.05, 0.1) is 26.9 Å². The SMILES string of the molecule is COc1ccc2c3c(c4c(c2c1)OC(c1ccc(OCCO)cc1)(c1ccc(N2CCOCC2)cc1)C=C4)C1(CC(C)(C)CC(C)(C)C1)c1cc(C)ccc1-3. The zero-order valence-corrected chi connectivity index (χ0v) is 33.1. The fourth-order valence-corrected chi connectivity index (χ4v) is 11.1. The largest absolute Gasteiger partial charge is 0.497 e. The number of aliphatic hydroxyl groups excluding tert-OH is 1. The molecule has 2 aliphatic heterocycles. The first kappa shape index (κ1) is 35.9. The van der Waals surface area contributed by atoms with Crippen molar-refractivity contribution in [3.8, 4) is 28.4 Å². The molecule has 0 amide bonds. The highest BCUT2D eigenvalue weighted by atomic mass is 16.5. The Bertz CT molecular complexity index is 2280. The molecule has 0 aromatic heterocycles. The number of anilines is 1. The molecule has 0 radical (unpaired) electrons. The molecule has 1 spiro atoms. The maximum atomic E-state index is 9.42. The van der Waals surface area contributed by atoms with E-state index in [2.05, 4.69) is 124 Å². The molecule has 1 N–H and O–H groups in total. The molecule has 1 unspecified atom stereocenters. The van der Waals surface area contributed by atoms with Crippen molar-refractivity contribution in [3.63, 3.8) is 0 Å². The van der Waals surface area contributed by atoms with Crippen LogP contribution in [-0.2, 0) is 15.8 Å². The molecule has 2 fully saturated rings. The van der Waals surface area contributed by atoms with E-state index in [1.807, 2.05) is 12.1 Å². The third kappa shape index (κ3) is 5.91. The van der Waals surface area contributed by atoms with E-state index in [-0.39, 0.29) is 29.5 Å². The molecule has 1 saturated heterocycles. The molecule has 0 bridgehead atoms. The van der Waals surface area contributed by atoms with Crippen LogP contribution in [0, 0.1) is 17.8 Å². The molecular formula is C49H53NO5. The molecule has 9 rings (SSSR count). The van der Waals surface area contributed by atoms with Crippen molar-refractivity contribution in [2.45, 2.75) is 64.9 Å². The number of benzene rings is 5. The van der Waals surface area contributed by atoms with Gasteiger partial charge >= 0.3 is 0 Å². The summed E-state index contributed by atoms with van der Waals surface area (Å²) in [6.07, 6.45) is 7.98. The van der Waals surface area contributed by atoms with Gasteiger partial charge in [0.15, 0.2) is 5.60 Å². The topological polar surface area (TPSA) is 60.4 Å². The lowest BCUT2D eigenvalue weighted by atomic mass is 9.52. The van der Waals surface area contributed by atoms with E-state index in [0.29, 0.717) is 5.75 Å². The van der Waals surface area contributed by atoms with Crippen molar-refractivity contribution in [3.05, 3.63) is 124 Å². The number of hydrogen-bond acceptors (Lipinski definition) is 6. The molecule has 6 nitrogen and oxygen atoms in total. The first-order valence-corrected chi connectivity index (χ1v) is 19.9. The van der Waals surface area contributed by atoms with E-state index in [1.165, 1.54) is 50.9 Å². The second-order valence-electron chi connectivity index (χ2n) is 17.8. The average molecular weight is 736 g/mol. The predicted molar refractivity (Wildman–Crippen MR) is 222 cm³/mol. The highest BCUT2D eigenvalue weighted by molar-refractivity contribution is 6.09. The van der Waals surface area contributed by atoms with Gasteiger partial charge in [-0.15, -0.1) is 0 Å². The second kappa shape index (κ2) is 13.2. The van der Waals surface area contributed by atoms with E-state index in [4.69, 9.17) is 18.9 Å². The number of aliphatic hydroxyl groups is 1. The minimum Gasteiger partial charge on any atom is -0.497 e. The lowest BCUT2D eigenvalue weighted by Crippen LogP contribution is -2.44. The Morgan fingerprint density at radius 1 is 0.764 bits per heavy atom. The molecular weight excluding hydrogens is 683 g/mol. The molecule has 55 heavy (non-hydrogen) atoms. The summed E-state index contributed by atoms with van der Waals surface area (Å²) in [6.45, 7) is 15.5. The van der Waals surface area contributed by atoms with Crippen molar-refractivity contribution >= 4 is 22.5 Å². The maximum absolute atomic E-state index is 9.42. The van der Waals surface area contributed by atoms with Crippen LogP contribution in [-0.4, -0.2) is 51.7 Å². The summed E-state index contributed by atoms with van der Waals surface area (Å²) < 4.78 is 25.1. The fourth-order valence-electron chi connectivity index (χ4n) is 11.1. The zero-order valence-electron chi connectivity index (χ0n) is 33.1. The molecule has 6 heteroatoms. The van der Waals surface area contributed by atoms with Crippen LogP contribution in [0.4, 0.5) is 5.69 Å². The van der Waals surface area contributed by atoms with E-state index in [0.717, 1.165) is 67.2 Å². The third-order valence-corrected chi connectivity index (χ3v) is 12.5. The Hall–Kier alpha value is -4.78. The van der Waals surface area contributed by atoms with Gasteiger partial charge in [-0.1, -0.05) is 81.8 Å². The first-order valence-electron chi connectivity index (χ1n) is 19.9. The summed E-state index contributed by atoms with van der Waals surface area (Å²) in [5.41, 5.74) is 10.4. The molecule has 1 saturated carbocycles. The number of ether oxygens (including phenoxy) is 4. The van der Waals surface area contributed by atoms with Crippen molar-refractivity contribution in [1.82, 2.24) is 0 Å². The van der Waals surface area contributed by atoms with Gasteiger partial charge in [-0.25, -0.2) is 0 Å². The number of nitrogens with zero attached hydrogens (tertiary/aromatic N) is 1. The molecule has 5 aromatic carbocycles. The number of methoxy groups -OCH3 is 1. The van der Waals surface area contributed by atoms with E-state index < -0.39 is 5.60 Å². The van der Waals surface area contributed by atoms with Crippen molar-refractivity contribution < 1.29 is 24.1 Å². The summed E-state index contributed by atoms with van der Waals surface area (Å²) in [6, 6.07) is 30.7. The summed E-state index contributed by atoms with van der Waals surface area (Å²) >= 11 is 0. The normalized spacial score (nSPS) is 21.5. The van der Waals surface area contributed by atoms with Crippen LogP contribution in [0.1, 0.15) is 80.3 Å². The first-order chi connectivity index (χ1) is 26.5. The lowest BCUT2D eigenvalue weighted by Gasteiger charge is -2.52.